The maximum absolute atomic E-state index is 12.9. The van der Waals surface area contributed by atoms with Crippen molar-refractivity contribution >= 4 is 33.1 Å². The summed E-state index contributed by atoms with van der Waals surface area (Å²) in [6.45, 7) is 4.15. The van der Waals surface area contributed by atoms with Crippen molar-refractivity contribution in [1.82, 2.24) is 9.55 Å². The Kier molecular flexibility index (Phi) is 4.36. The van der Waals surface area contributed by atoms with E-state index >= 15 is 0 Å². The van der Waals surface area contributed by atoms with Gasteiger partial charge in [0.25, 0.3) is 5.56 Å². The Bertz CT molecular complexity index is 1050. The second-order valence-corrected chi connectivity index (χ2v) is 8.16. The first-order valence-electron chi connectivity index (χ1n) is 8.88. The van der Waals surface area contributed by atoms with Crippen LogP contribution in [0.25, 0.3) is 10.2 Å². The number of aryl methyl sites for hydroxylation is 2. The van der Waals surface area contributed by atoms with Gasteiger partial charge in [-0.1, -0.05) is 25.1 Å². The van der Waals surface area contributed by atoms with E-state index in [4.69, 9.17) is 0 Å². The van der Waals surface area contributed by atoms with Gasteiger partial charge in [-0.15, -0.1) is 11.3 Å². The number of carbonyl (C=O) groups is 1. The van der Waals surface area contributed by atoms with Crippen molar-refractivity contribution in [3.63, 3.8) is 0 Å². The molecule has 4 rings (SSSR count). The van der Waals surface area contributed by atoms with Crippen molar-refractivity contribution in [3.8, 4) is 0 Å². The minimum atomic E-state index is -0.222. The van der Waals surface area contributed by atoms with E-state index in [2.05, 4.69) is 17.2 Å². The van der Waals surface area contributed by atoms with E-state index in [1.807, 2.05) is 31.2 Å². The summed E-state index contributed by atoms with van der Waals surface area (Å²) in [5.74, 6) is 0.429. The van der Waals surface area contributed by atoms with Crippen LogP contribution in [0.3, 0.4) is 0 Å². The smallest absolute Gasteiger partial charge is 0.262 e. The van der Waals surface area contributed by atoms with Gasteiger partial charge in [-0.2, -0.15) is 0 Å². The zero-order chi connectivity index (χ0) is 18.3. The molecule has 1 aliphatic carbocycles. The van der Waals surface area contributed by atoms with Gasteiger partial charge in [0, 0.05) is 10.6 Å². The minimum Gasteiger partial charge on any atom is -0.324 e. The van der Waals surface area contributed by atoms with Crippen molar-refractivity contribution in [2.45, 2.75) is 39.7 Å². The third-order valence-electron chi connectivity index (χ3n) is 5.02. The van der Waals surface area contributed by atoms with Crippen molar-refractivity contribution < 1.29 is 4.79 Å². The first kappa shape index (κ1) is 17.0. The molecule has 2 aromatic heterocycles. The van der Waals surface area contributed by atoms with Gasteiger partial charge < -0.3 is 5.32 Å². The molecule has 0 bridgehead atoms. The lowest BCUT2D eigenvalue weighted by atomic mass is 9.89. The van der Waals surface area contributed by atoms with Gasteiger partial charge in [-0.05, 0) is 49.3 Å². The molecule has 1 atom stereocenters. The van der Waals surface area contributed by atoms with Crippen LogP contribution in [0.2, 0.25) is 0 Å². The molecule has 0 saturated heterocycles. The Morgan fingerprint density at radius 3 is 3.00 bits per heavy atom. The maximum Gasteiger partial charge on any atom is 0.262 e. The summed E-state index contributed by atoms with van der Waals surface area (Å²) >= 11 is 1.62. The van der Waals surface area contributed by atoms with Gasteiger partial charge in [0.05, 0.1) is 11.7 Å². The van der Waals surface area contributed by atoms with Gasteiger partial charge >= 0.3 is 0 Å². The molecule has 0 saturated carbocycles. The van der Waals surface area contributed by atoms with E-state index < -0.39 is 0 Å². The van der Waals surface area contributed by atoms with E-state index in [9.17, 15) is 9.59 Å². The fourth-order valence-corrected chi connectivity index (χ4v) is 4.88. The predicted octanol–water partition coefficient (Wildman–Crippen LogP) is 3.53. The highest BCUT2D eigenvalue weighted by atomic mass is 32.1. The Hall–Kier alpha value is -2.47. The van der Waals surface area contributed by atoms with Crippen LogP contribution in [0.1, 0.15) is 29.3 Å². The van der Waals surface area contributed by atoms with Crippen molar-refractivity contribution in [1.29, 1.82) is 0 Å². The molecule has 1 N–H and O–H groups in total. The number of amides is 1. The molecule has 0 unspecified atom stereocenters. The van der Waals surface area contributed by atoms with Crippen LogP contribution in [-0.4, -0.2) is 15.5 Å². The average Bonchev–Trinajstić information content (AvgIpc) is 2.97. The predicted molar refractivity (Wildman–Crippen MR) is 105 cm³/mol. The van der Waals surface area contributed by atoms with Gasteiger partial charge in [0.1, 0.15) is 11.4 Å². The number of aromatic nitrogens is 2. The molecule has 6 heteroatoms. The number of carbonyl (C=O) groups excluding carboxylic acids is 1. The Balaban J connectivity index is 1.63. The molecule has 3 aromatic rings. The van der Waals surface area contributed by atoms with Crippen LogP contribution in [0.5, 0.6) is 0 Å². The summed E-state index contributed by atoms with van der Waals surface area (Å²) < 4.78 is 1.42. The fraction of sp³-hybridized carbons (Fsp3) is 0.350. The number of para-hydroxylation sites is 1. The van der Waals surface area contributed by atoms with Crippen molar-refractivity contribution in [2.75, 3.05) is 5.32 Å². The number of nitrogens with one attached hydrogen (secondary N) is 1. The molecule has 26 heavy (non-hydrogen) atoms. The van der Waals surface area contributed by atoms with Crippen LogP contribution in [0.15, 0.2) is 35.4 Å². The van der Waals surface area contributed by atoms with Crippen LogP contribution < -0.4 is 10.9 Å². The zero-order valence-corrected chi connectivity index (χ0v) is 15.7. The molecule has 0 radical (unpaired) electrons. The fourth-order valence-electron chi connectivity index (χ4n) is 3.54. The number of fused-ring (bicyclic) bond motifs is 3. The molecule has 2 heterocycles. The molecule has 1 amide bonds. The van der Waals surface area contributed by atoms with E-state index in [1.54, 1.807) is 11.3 Å². The van der Waals surface area contributed by atoms with Crippen LogP contribution in [0.4, 0.5) is 5.69 Å². The molecule has 1 aliphatic rings. The number of anilines is 1. The summed E-state index contributed by atoms with van der Waals surface area (Å²) in [7, 11) is 0. The highest BCUT2D eigenvalue weighted by Crippen LogP contribution is 2.35. The van der Waals surface area contributed by atoms with Gasteiger partial charge in [0.2, 0.25) is 5.91 Å². The van der Waals surface area contributed by atoms with Crippen molar-refractivity contribution in [2.24, 2.45) is 5.92 Å². The molecular weight excluding hydrogens is 346 g/mol. The van der Waals surface area contributed by atoms with E-state index in [1.165, 1.54) is 15.8 Å². The standard InChI is InChI=1S/C20H21N3O2S/c1-12-7-8-14-16(9-12)26-19-18(14)20(25)23(11-21-19)10-17(24)22-15-6-4-3-5-13(15)2/h3-6,11-12H,7-10H2,1-2H3,(H,22,24)/t12-/m1/s1. The molecule has 0 spiro atoms. The van der Waals surface area contributed by atoms with Crippen LogP contribution in [0, 0.1) is 12.8 Å². The Morgan fingerprint density at radius 2 is 2.19 bits per heavy atom. The van der Waals surface area contributed by atoms with Gasteiger partial charge in [-0.3, -0.25) is 14.2 Å². The SMILES string of the molecule is Cc1ccccc1NC(=O)Cn1cnc2sc3c(c2c1=O)CC[C@@H](C)C3. The second kappa shape index (κ2) is 6.68. The maximum atomic E-state index is 12.9. The number of hydrogen-bond donors (Lipinski definition) is 1. The first-order valence-corrected chi connectivity index (χ1v) is 9.69. The normalized spacial score (nSPS) is 16.5. The second-order valence-electron chi connectivity index (χ2n) is 7.07. The van der Waals surface area contributed by atoms with E-state index in [0.717, 1.165) is 40.9 Å². The molecule has 1 aromatic carbocycles. The zero-order valence-electron chi connectivity index (χ0n) is 14.9. The molecule has 0 aliphatic heterocycles. The monoisotopic (exact) mass is 367 g/mol. The lowest BCUT2D eigenvalue weighted by Gasteiger charge is -2.17. The minimum absolute atomic E-state index is 0.0306. The summed E-state index contributed by atoms with van der Waals surface area (Å²) in [5, 5.41) is 3.58. The third kappa shape index (κ3) is 3.05. The lowest BCUT2D eigenvalue weighted by Crippen LogP contribution is -2.28. The molecular formula is C20H21N3O2S. The third-order valence-corrected chi connectivity index (χ3v) is 6.18. The summed E-state index contributed by atoms with van der Waals surface area (Å²) in [4.78, 5) is 31.9. The summed E-state index contributed by atoms with van der Waals surface area (Å²) in [5.41, 5.74) is 2.79. The quantitative estimate of drug-likeness (QED) is 0.770. The Morgan fingerprint density at radius 1 is 1.38 bits per heavy atom. The Labute approximate surface area is 155 Å². The molecule has 5 nitrogen and oxygen atoms in total. The number of thiophene rings is 1. The topological polar surface area (TPSA) is 64.0 Å². The average molecular weight is 367 g/mol. The number of nitrogens with zero attached hydrogens (tertiary/aromatic N) is 2. The first-order chi connectivity index (χ1) is 12.5. The summed E-state index contributed by atoms with van der Waals surface area (Å²) in [6, 6.07) is 7.59. The van der Waals surface area contributed by atoms with E-state index in [-0.39, 0.29) is 18.0 Å². The molecule has 0 fully saturated rings. The highest BCUT2D eigenvalue weighted by molar-refractivity contribution is 7.18. The van der Waals surface area contributed by atoms with Crippen molar-refractivity contribution in [3.05, 3.63) is 57.0 Å². The number of hydrogen-bond acceptors (Lipinski definition) is 4. The van der Waals surface area contributed by atoms with E-state index in [0.29, 0.717) is 11.3 Å². The lowest BCUT2D eigenvalue weighted by molar-refractivity contribution is -0.116. The van der Waals surface area contributed by atoms with Gasteiger partial charge in [0.15, 0.2) is 0 Å². The largest absolute Gasteiger partial charge is 0.324 e. The highest BCUT2D eigenvalue weighted by Gasteiger charge is 2.23. The number of benzene rings is 1. The summed E-state index contributed by atoms with van der Waals surface area (Å²) in [6.07, 6.45) is 4.53. The van der Waals surface area contributed by atoms with Crippen LogP contribution in [-0.2, 0) is 24.2 Å². The molecule has 134 valence electrons. The van der Waals surface area contributed by atoms with Crippen LogP contribution >= 0.6 is 11.3 Å². The number of rotatable bonds is 3. The van der Waals surface area contributed by atoms with Gasteiger partial charge in [-0.25, -0.2) is 4.98 Å².